The molecule has 9 heteroatoms. The van der Waals surface area contributed by atoms with E-state index in [-0.39, 0.29) is 0 Å². The standard InChI is InChI=1S/C24H21ClN6O2/c1-14-16(6-5-7-19(14)33-4)17-13-31-21(20(17)18-9-8-15(32-3)12-27-18)22(25)28-23(29-31)24-26-10-11-30(24)2/h5-13H,1-4H3. The average Bonchev–Trinajstić information content (AvgIpc) is 3.43. The van der Waals surface area contributed by atoms with Gasteiger partial charge >= 0.3 is 0 Å². The number of aryl methyl sites for hydroxylation is 1. The van der Waals surface area contributed by atoms with Crippen LogP contribution < -0.4 is 9.47 Å². The van der Waals surface area contributed by atoms with Gasteiger partial charge in [-0.25, -0.2) is 14.5 Å². The lowest BCUT2D eigenvalue weighted by atomic mass is 9.96. The van der Waals surface area contributed by atoms with Gasteiger partial charge in [0.15, 0.2) is 11.0 Å². The lowest BCUT2D eigenvalue weighted by Gasteiger charge is -2.11. The van der Waals surface area contributed by atoms with Gasteiger partial charge in [-0.15, -0.1) is 5.10 Å². The molecule has 4 aromatic heterocycles. The first-order valence-corrected chi connectivity index (χ1v) is 10.6. The van der Waals surface area contributed by atoms with Crippen LogP contribution in [-0.2, 0) is 7.05 Å². The Kier molecular flexibility index (Phi) is 5.22. The van der Waals surface area contributed by atoms with Gasteiger partial charge in [-0.3, -0.25) is 4.98 Å². The van der Waals surface area contributed by atoms with Gasteiger partial charge in [-0.2, -0.15) is 0 Å². The van der Waals surface area contributed by atoms with Crippen LogP contribution in [0.4, 0.5) is 0 Å². The van der Waals surface area contributed by atoms with Crippen LogP contribution in [0.1, 0.15) is 5.56 Å². The largest absolute Gasteiger partial charge is 0.496 e. The summed E-state index contributed by atoms with van der Waals surface area (Å²) in [4.78, 5) is 13.5. The Balaban J connectivity index is 1.83. The Bertz CT molecular complexity index is 1470. The van der Waals surface area contributed by atoms with Crippen molar-refractivity contribution >= 4 is 17.1 Å². The lowest BCUT2D eigenvalue weighted by molar-refractivity contribution is 0.412. The number of hydrogen-bond donors (Lipinski definition) is 0. The zero-order chi connectivity index (χ0) is 23.1. The molecule has 0 atom stereocenters. The van der Waals surface area contributed by atoms with E-state index in [2.05, 4.69) is 15.0 Å². The van der Waals surface area contributed by atoms with E-state index < -0.39 is 0 Å². The minimum Gasteiger partial charge on any atom is -0.496 e. The molecule has 0 spiro atoms. The Labute approximate surface area is 195 Å². The van der Waals surface area contributed by atoms with Crippen molar-refractivity contribution in [2.24, 2.45) is 7.05 Å². The van der Waals surface area contributed by atoms with E-state index in [0.717, 1.165) is 33.7 Å². The predicted molar refractivity (Wildman–Crippen MR) is 127 cm³/mol. The average molecular weight is 461 g/mol. The fraction of sp³-hybridized carbons (Fsp3) is 0.167. The van der Waals surface area contributed by atoms with Crippen molar-refractivity contribution < 1.29 is 9.47 Å². The van der Waals surface area contributed by atoms with Crippen LogP contribution in [0.25, 0.3) is 39.5 Å². The molecule has 0 unspecified atom stereocenters. The summed E-state index contributed by atoms with van der Waals surface area (Å²) >= 11 is 6.76. The monoisotopic (exact) mass is 460 g/mol. The molecular weight excluding hydrogens is 440 g/mol. The smallest absolute Gasteiger partial charge is 0.217 e. The van der Waals surface area contributed by atoms with E-state index in [4.69, 9.17) is 26.2 Å². The molecular formula is C24H21ClN6O2. The zero-order valence-corrected chi connectivity index (χ0v) is 19.3. The summed E-state index contributed by atoms with van der Waals surface area (Å²) in [6.07, 6.45) is 7.16. The summed E-state index contributed by atoms with van der Waals surface area (Å²) in [5, 5.41) is 5.04. The van der Waals surface area contributed by atoms with Crippen LogP contribution in [-0.4, -0.2) is 43.4 Å². The maximum absolute atomic E-state index is 6.76. The van der Waals surface area contributed by atoms with E-state index in [0.29, 0.717) is 28.1 Å². The second kappa shape index (κ2) is 8.22. The Morgan fingerprint density at radius 3 is 2.52 bits per heavy atom. The molecule has 33 heavy (non-hydrogen) atoms. The maximum atomic E-state index is 6.76. The predicted octanol–water partition coefficient (Wildman–Crippen LogP) is 4.84. The summed E-state index contributed by atoms with van der Waals surface area (Å²) in [6.45, 7) is 2.02. The van der Waals surface area contributed by atoms with Gasteiger partial charge in [0.05, 0.1) is 26.1 Å². The molecule has 1 aromatic carbocycles. The minimum absolute atomic E-state index is 0.308. The van der Waals surface area contributed by atoms with Crippen LogP contribution in [0.3, 0.4) is 0 Å². The number of rotatable bonds is 5. The van der Waals surface area contributed by atoms with Crippen LogP contribution in [0.2, 0.25) is 5.15 Å². The van der Waals surface area contributed by atoms with E-state index in [1.807, 2.05) is 61.3 Å². The molecule has 8 nitrogen and oxygen atoms in total. The number of halogens is 1. The van der Waals surface area contributed by atoms with Crippen LogP contribution >= 0.6 is 11.6 Å². The molecule has 0 bridgehead atoms. The molecule has 0 aliphatic carbocycles. The number of imidazole rings is 1. The van der Waals surface area contributed by atoms with E-state index in [1.165, 1.54) is 0 Å². The van der Waals surface area contributed by atoms with Gasteiger partial charge in [0, 0.05) is 36.8 Å². The third-order valence-electron chi connectivity index (χ3n) is 5.63. The zero-order valence-electron chi connectivity index (χ0n) is 18.6. The topological polar surface area (TPSA) is 79.4 Å². The molecule has 0 N–H and O–H groups in total. The van der Waals surface area contributed by atoms with Crippen LogP contribution in [0, 0.1) is 6.92 Å². The Hall–Kier alpha value is -3.91. The molecule has 0 amide bonds. The van der Waals surface area contributed by atoms with Crippen molar-refractivity contribution in [2.45, 2.75) is 6.92 Å². The van der Waals surface area contributed by atoms with Gasteiger partial charge in [-0.1, -0.05) is 23.7 Å². The second-order valence-electron chi connectivity index (χ2n) is 7.52. The molecule has 0 aliphatic rings. The molecule has 0 radical (unpaired) electrons. The molecule has 0 fully saturated rings. The Morgan fingerprint density at radius 1 is 1.00 bits per heavy atom. The Morgan fingerprint density at radius 2 is 1.85 bits per heavy atom. The summed E-state index contributed by atoms with van der Waals surface area (Å²) in [6, 6.07) is 9.70. The summed E-state index contributed by atoms with van der Waals surface area (Å²) in [7, 11) is 5.16. The number of hydrogen-bond acceptors (Lipinski definition) is 6. The van der Waals surface area contributed by atoms with Crippen LogP contribution in [0.15, 0.2) is 55.1 Å². The SMILES string of the molecule is COc1ccc(-c2c(-c3cccc(OC)c3C)cn3nc(-c4nccn4C)nc(Cl)c23)nc1. The first-order valence-electron chi connectivity index (χ1n) is 10.2. The van der Waals surface area contributed by atoms with Crippen molar-refractivity contribution in [3.63, 3.8) is 0 Å². The maximum Gasteiger partial charge on any atom is 0.217 e. The van der Waals surface area contributed by atoms with Crippen molar-refractivity contribution in [2.75, 3.05) is 14.2 Å². The van der Waals surface area contributed by atoms with E-state index in [9.17, 15) is 0 Å². The normalized spacial score (nSPS) is 11.2. The van der Waals surface area contributed by atoms with Crippen molar-refractivity contribution in [3.8, 4) is 45.5 Å². The van der Waals surface area contributed by atoms with Crippen LogP contribution in [0.5, 0.6) is 11.5 Å². The van der Waals surface area contributed by atoms with Gasteiger partial charge < -0.3 is 14.0 Å². The first-order chi connectivity index (χ1) is 16.0. The number of methoxy groups -OCH3 is 2. The molecule has 0 saturated heterocycles. The molecule has 0 saturated carbocycles. The van der Waals surface area contributed by atoms with Gasteiger partial charge in [-0.05, 0) is 36.2 Å². The summed E-state index contributed by atoms with van der Waals surface area (Å²) in [5.41, 5.74) is 5.11. The lowest BCUT2D eigenvalue weighted by Crippen LogP contribution is -2.02. The van der Waals surface area contributed by atoms with Gasteiger partial charge in [0.2, 0.25) is 5.82 Å². The third-order valence-corrected chi connectivity index (χ3v) is 5.90. The fourth-order valence-corrected chi connectivity index (χ4v) is 4.22. The highest BCUT2D eigenvalue weighted by Gasteiger charge is 2.23. The number of aromatic nitrogens is 6. The summed E-state index contributed by atoms with van der Waals surface area (Å²) in [5.74, 6) is 2.51. The second-order valence-corrected chi connectivity index (χ2v) is 7.87. The number of ether oxygens (including phenoxy) is 2. The minimum atomic E-state index is 0.308. The first kappa shape index (κ1) is 21.0. The molecule has 0 aliphatic heterocycles. The van der Waals surface area contributed by atoms with E-state index in [1.54, 1.807) is 31.1 Å². The summed E-state index contributed by atoms with van der Waals surface area (Å²) < 4.78 is 14.4. The molecule has 166 valence electrons. The highest BCUT2D eigenvalue weighted by Crippen LogP contribution is 2.41. The highest BCUT2D eigenvalue weighted by atomic mass is 35.5. The molecule has 5 aromatic rings. The van der Waals surface area contributed by atoms with E-state index >= 15 is 0 Å². The molecule has 4 heterocycles. The van der Waals surface area contributed by atoms with Crippen molar-refractivity contribution in [1.29, 1.82) is 0 Å². The van der Waals surface area contributed by atoms with Crippen molar-refractivity contribution in [3.05, 3.63) is 65.8 Å². The highest BCUT2D eigenvalue weighted by molar-refractivity contribution is 6.33. The quantitative estimate of drug-likeness (QED) is 0.373. The van der Waals surface area contributed by atoms with Gasteiger partial charge in [0.25, 0.3) is 0 Å². The number of benzene rings is 1. The fourth-order valence-electron chi connectivity index (χ4n) is 3.96. The van der Waals surface area contributed by atoms with Crippen molar-refractivity contribution in [1.82, 2.24) is 29.1 Å². The third kappa shape index (κ3) is 3.48. The number of fused-ring (bicyclic) bond motifs is 1. The number of nitrogens with zero attached hydrogens (tertiary/aromatic N) is 6. The number of pyridine rings is 1. The van der Waals surface area contributed by atoms with Gasteiger partial charge in [0.1, 0.15) is 17.0 Å². The molecule has 5 rings (SSSR count).